The summed E-state index contributed by atoms with van der Waals surface area (Å²) in [6, 6.07) is 6.13. The number of carbonyl (C=O) groups excluding carboxylic acids is 1. The van der Waals surface area contributed by atoms with E-state index in [4.69, 9.17) is 9.47 Å². The van der Waals surface area contributed by atoms with E-state index in [2.05, 4.69) is 26.0 Å². The van der Waals surface area contributed by atoms with E-state index < -0.39 is 0 Å². The largest absolute Gasteiger partial charge is 0.490 e. The topological polar surface area (TPSA) is 35.5 Å². The summed E-state index contributed by atoms with van der Waals surface area (Å²) >= 11 is 0. The van der Waals surface area contributed by atoms with Crippen LogP contribution in [0.15, 0.2) is 18.2 Å². The molecule has 0 spiro atoms. The average Bonchev–Trinajstić information content (AvgIpc) is 2.52. The van der Waals surface area contributed by atoms with Crippen LogP contribution in [0.25, 0.3) is 0 Å². The lowest BCUT2D eigenvalue weighted by atomic mass is 10.0. The van der Waals surface area contributed by atoms with Crippen molar-refractivity contribution in [2.24, 2.45) is 0 Å². The summed E-state index contributed by atoms with van der Waals surface area (Å²) in [6.07, 6.45) is 6.09. The number of hydrogen-bond acceptors (Lipinski definition) is 3. The summed E-state index contributed by atoms with van der Waals surface area (Å²) in [4.78, 5) is 11.6. The van der Waals surface area contributed by atoms with Gasteiger partial charge in [0.15, 0.2) is 11.5 Å². The first-order valence-electron chi connectivity index (χ1n) is 8.61. The van der Waals surface area contributed by atoms with Crippen molar-refractivity contribution in [3.05, 3.63) is 23.8 Å². The minimum absolute atomic E-state index is 0.368. The summed E-state index contributed by atoms with van der Waals surface area (Å²) in [7, 11) is 0. The van der Waals surface area contributed by atoms with Crippen LogP contribution < -0.4 is 9.47 Å². The van der Waals surface area contributed by atoms with Gasteiger partial charge in [0.05, 0.1) is 13.2 Å². The SMILES string of the molecule is CCCOc1ccc(CCCC(=O)CCC)cc1OCCC. The van der Waals surface area contributed by atoms with Gasteiger partial charge in [0.1, 0.15) is 5.78 Å². The molecule has 0 aliphatic heterocycles. The quantitative estimate of drug-likeness (QED) is 0.548. The highest BCUT2D eigenvalue weighted by Crippen LogP contribution is 2.29. The van der Waals surface area contributed by atoms with Crippen molar-refractivity contribution in [2.45, 2.75) is 65.7 Å². The number of hydrogen-bond donors (Lipinski definition) is 0. The van der Waals surface area contributed by atoms with Crippen molar-refractivity contribution < 1.29 is 14.3 Å². The Morgan fingerprint density at radius 3 is 2.23 bits per heavy atom. The Labute approximate surface area is 135 Å². The summed E-state index contributed by atoms with van der Waals surface area (Å²) in [5.74, 6) is 2.02. The predicted molar refractivity (Wildman–Crippen MR) is 90.9 cm³/mol. The van der Waals surface area contributed by atoms with E-state index in [1.54, 1.807) is 0 Å². The number of ether oxygens (including phenoxy) is 2. The first-order chi connectivity index (χ1) is 10.7. The molecule has 0 fully saturated rings. The molecule has 0 amide bonds. The Morgan fingerprint density at radius 1 is 0.909 bits per heavy atom. The minimum atomic E-state index is 0.368. The number of rotatable bonds is 12. The van der Waals surface area contributed by atoms with Gasteiger partial charge in [0, 0.05) is 12.8 Å². The van der Waals surface area contributed by atoms with Gasteiger partial charge in [-0.2, -0.15) is 0 Å². The summed E-state index contributed by atoms with van der Waals surface area (Å²) in [5.41, 5.74) is 1.21. The second-order valence-corrected chi connectivity index (χ2v) is 5.62. The normalized spacial score (nSPS) is 10.5. The van der Waals surface area contributed by atoms with Crippen LogP contribution in [0.3, 0.4) is 0 Å². The van der Waals surface area contributed by atoms with Crippen molar-refractivity contribution in [2.75, 3.05) is 13.2 Å². The lowest BCUT2D eigenvalue weighted by molar-refractivity contribution is -0.119. The van der Waals surface area contributed by atoms with Gasteiger partial charge in [-0.3, -0.25) is 4.79 Å². The van der Waals surface area contributed by atoms with Crippen molar-refractivity contribution in [1.82, 2.24) is 0 Å². The maximum Gasteiger partial charge on any atom is 0.161 e. The molecule has 0 N–H and O–H groups in total. The van der Waals surface area contributed by atoms with Gasteiger partial charge in [0.2, 0.25) is 0 Å². The Hall–Kier alpha value is -1.51. The third-order valence-corrected chi connectivity index (χ3v) is 3.38. The van der Waals surface area contributed by atoms with E-state index in [0.717, 1.165) is 43.6 Å². The first kappa shape index (κ1) is 18.5. The third kappa shape index (κ3) is 6.97. The molecule has 1 aromatic carbocycles. The fourth-order valence-electron chi connectivity index (χ4n) is 2.26. The van der Waals surface area contributed by atoms with Crippen molar-refractivity contribution >= 4 is 5.78 Å². The first-order valence-corrected chi connectivity index (χ1v) is 8.61. The van der Waals surface area contributed by atoms with Crippen LogP contribution in [-0.4, -0.2) is 19.0 Å². The van der Waals surface area contributed by atoms with Crippen LogP contribution in [-0.2, 0) is 11.2 Å². The van der Waals surface area contributed by atoms with E-state index in [-0.39, 0.29) is 0 Å². The summed E-state index contributed by atoms with van der Waals surface area (Å²) < 4.78 is 11.5. The Kier molecular flexibility index (Phi) is 9.36. The maximum absolute atomic E-state index is 11.6. The van der Waals surface area contributed by atoms with Gasteiger partial charge in [-0.25, -0.2) is 0 Å². The van der Waals surface area contributed by atoms with E-state index >= 15 is 0 Å². The Bertz CT molecular complexity index is 440. The molecular weight excluding hydrogens is 276 g/mol. The highest BCUT2D eigenvalue weighted by molar-refractivity contribution is 5.78. The highest BCUT2D eigenvalue weighted by atomic mass is 16.5. The van der Waals surface area contributed by atoms with E-state index in [0.29, 0.717) is 31.8 Å². The highest BCUT2D eigenvalue weighted by Gasteiger charge is 2.07. The zero-order chi connectivity index (χ0) is 16.2. The molecule has 0 aliphatic rings. The van der Waals surface area contributed by atoms with Crippen LogP contribution in [0.2, 0.25) is 0 Å². The van der Waals surface area contributed by atoms with E-state index in [1.165, 1.54) is 5.56 Å². The zero-order valence-corrected chi connectivity index (χ0v) is 14.3. The Balaban J connectivity index is 2.61. The summed E-state index contributed by atoms with van der Waals surface area (Å²) in [5, 5.41) is 0. The van der Waals surface area contributed by atoms with Gasteiger partial charge < -0.3 is 9.47 Å². The minimum Gasteiger partial charge on any atom is -0.490 e. The van der Waals surface area contributed by atoms with Gasteiger partial charge in [-0.1, -0.05) is 26.8 Å². The molecule has 124 valence electrons. The molecule has 0 heterocycles. The van der Waals surface area contributed by atoms with Gasteiger partial charge >= 0.3 is 0 Å². The van der Waals surface area contributed by atoms with Crippen molar-refractivity contribution in [3.8, 4) is 11.5 Å². The molecule has 3 nitrogen and oxygen atoms in total. The molecule has 0 saturated carbocycles. The van der Waals surface area contributed by atoms with Crippen LogP contribution in [0.4, 0.5) is 0 Å². The Morgan fingerprint density at radius 2 is 1.59 bits per heavy atom. The third-order valence-electron chi connectivity index (χ3n) is 3.38. The number of ketones is 1. The molecule has 22 heavy (non-hydrogen) atoms. The van der Waals surface area contributed by atoms with Crippen LogP contribution in [0.1, 0.15) is 64.9 Å². The monoisotopic (exact) mass is 306 g/mol. The molecule has 3 heteroatoms. The maximum atomic E-state index is 11.6. The molecule has 0 bridgehead atoms. The predicted octanol–water partition coefficient (Wildman–Crippen LogP) is 4.96. The number of carbonyl (C=O) groups is 1. The lowest BCUT2D eigenvalue weighted by Crippen LogP contribution is -2.02. The molecule has 0 aliphatic carbocycles. The van der Waals surface area contributed by atoms with E-state index in [1.807, 2.05) is 13.0 Å². The molecule has 1 aromatic rings. The second-order valence-electron chi connectivity index (χ2n) is 5.62. The van der Waals surface area contributed by atoms with Gasteiger partial charge in [-0.05, 0) is 49.8 Å². The average molecular weight is 306 g/mol. The number of benzene rings is 1. The number of aryl methyl sites for hydroxylation is 1. The number of Topliss-reactive ketones (excluding diaryl/α,β-unsaturated/α-hetero) is 1. The van der Waals surface area contributed by atoms with Crippen LogP contribution in [0.5, 0.6) is 11.5 Å². The molecule has 0 unspecified atom stereocenters. The molecule has 1 rings (SSSR count). The smallest absolute Gasteiger partial charge is 0.161 e. The van der Waals surface area contributed by atoms with Crippen molar-refractivity contribution in [1.29, 1.82) is 0 Å². The van der Waals surface area contributed by atoms with Gasteiger partial charge in [-0.15, -0.1) is 0 Å². The van der Waals surface area contributed by atoms with Crippen LogP contribution >= 0.6 is 0 Å². The fraction of sp³-hybridized carbons (Fsp3) is 0.632. The summed E-state index contributed by atoms with van der Waals surface area (Å²) in [6.45, 7) is 7.63. The van der Waals surface area contributed by atoms with Crippen molar-refractivity contribution in [3.63, 3.8) is 0 Å². The molecule has 0 aromatic heterocycles. The zero-order valence-electron chi connectivity index (χ0n) is 14.3. The second kappa shape index (κ2) is 11.1. The molecule has 0 atom stereocenters. The standard InChI is InChI=1S/C19H30O3/c1-4-8-17(20)10-7-9-16-11-12-18(21-13-5-2)19(15-16)22-14-6-3/h11-12,15H,4-10,13-14H2,1-3H3. The lowest BCUT2D eigenvalue weighted by Gasteiger charge is -2.13. The fourth-order valence-corrected chi connectivity index (χ4v) is 2.26. The molecular formula is C19H30O3. The van der Waals surface area contributed by atoms with Gasteiger partial charge in [0.25, 0.3) is 0 Å². The van der Waals surface area contributed by atoms with E-state index in [9.17, 15) is 4.79 Å². The van der Waals surface area contributed by atoms with Crippen LogP contribution in [0, 0.1) is 0 Å². The molecule has 0 saturated heterocycles. The molecule has 0 radical (unpaired) electrons.